The van der Waals surface area contributed by atoms with Gasteiger partial charge in [0.15, 0.2) is 0 Å². The van der Waals surface area contributed by atoms with Gasteiger partial charge in [0.2, 0.25) is 0 Å². The van der Waals surface area contributed by atoms with Crippen molar-refractivity contribution in [2.75, 3.05) is 0 Å². The Bertz CT molecular complexity index is 572. The fourth-order valence-electron chi connectivity index (χ4n) is 2.62. The van der Waals surface area contributed by atoms with Gasteiger partial charge in [0, 0.05) is 6.42 Å². The van der Waals surface area contributed by atoms with E-state index in [9.17, 15) is 14.7 Å². The Kier molecular flexibility index (Phi) is 2.99. The summed E-state index contributed by atoms with van der Waals surface area (Å²) in [6.45, 7) is 0. The molecule has 6 nitrogen and oxygen atoms in total. The van der Waals surface area contributed by atoms with E-state index in [1.54, 1.807) is 6.07 Å². The van der Waals surface area contributed by atoms with Gasteiger partial charge >= 0.3 is 5.97 Å². The third-order valence-electron chi connectivity index (χ3n) is 3.62. The van der Waals surface area contributed by atoms with Crippen LogP contribution >= 0.6 is 0 Å². The summed E-state index contributed by atoms with van der Waals surface area (Å²) >= 11 is 0. The largest absolute Gasteiger partial charge is 0.423 e. The van der Waals surface area contributed by atoms with E-state index in [1.807, 2.05) is 18.2 Å². The summed E-state index contributed by atoms with van der Waals surface area (Å²) in [4.78, 5) is 22.8. The Morgan fingerprint density at radius 2 is 2.20 bits per heavy atom. The summed E-state index contributed by atoms with van der Waals surface area (Å²) in [6, 6.07) is 7.35. The Morgan fingerprint density at radius 3 is 2.80 bits per heavy atom. The third kappa shape index (κ3) is 1.97. The first-order valence-corrected chi connectivity index (χ1v) is 6.31. The van der Waals surface area contributed by atoms with Crippen molar-refractivity contribution in [3.05, 3.63) is 41.8 Å². The molecule has 105 valence electrons. The highest BCUT2D eigenvalue weighted by molar-refractivity contribution is 5.90. The van der Waals surface area contributed by atoms with Gasteiger partial charge in [-0.1, -0.05) is 24.3 Å². The maximum Gasteiger partial charge on any atom is 0.309 e. The molecule has 0 spiro atoms. The number of carbonyl (C=O) groups is 2. The molecule has 3 atom stereocenters. The number of esters is 1. The molecule has 1 aromatic rings. The van der Waals surface area contributed by atoms with E-state index in [4.69, 9.17) is 15.2 Å². The van der Waals surface area contributed by atoms with E-state index in [0.717, 1.165) is 11.1 Å². The SMILES string of the molecule is NC(=O)C1(OC2Cc3ccccc3C2O)[CH]CC(=O)O1. The molecule has 6 heteroatoms. The lowest BCUT2D eigenvalue weighted by Gasteiger charge is -2.28. The lowest BCUT2D eigenvalue weighted by Crippen LogP contribution is -2.49. The number of benzene rings is 1. The Morgan fingerprint density at radius 1 is 1.45 bits per heavy atom. The molecule has 0 bridgehead atoms. The number of aliphatic hydroxyl groups is 1. The van der Waals surface area contributed by atoms with Crippen LogP contribution in [0, 0.1) is 6.42 Å². The van der Waals surface area contributed by atoms with Crippen molar-refractivity contribution in [3.8, 4) is 0 Å². The molecule has 1 fully saturated rings. The molecule has 3 unspecified atom stereocenters. The van der Waals surface area contributed by atoms with Crippen LogP contribution in [0.5, 0.6) is 0 Å². The zero-order valence-corrected chi connectivity index (χ0v) is 10.6. The predicted octanol–water partition coefficient (Wildman–Crippen LogP) is -0.00591. The Balaban J connectivity index is 1.82. The van der Waals surface area contributed by atoms with Gasteiger partial charge in [-0.25, -0.2) is 0 Å². The van der Waals surface area contributed by atoms with Crippen LogP contribution in [-0.2, 0) is 25.5 Å². The van der Waals surface area contributed by atoms with E-state index < -0.39 is 29.9 Å². The maximum atomic E-state index is 11.5. The molecule has 20 heavy (non-hydrogen) atoms. The van der Waals surface area contributed by atoms with Gasteiger partial charge in [-0.05, 0) is 11.1 Å². The standard InChI is InChI=1S/C14H14NO5/c15-13(18)14(6-5-11(16)20-14)19-10-7-8-3-1-2-4-9(8)12(10)17/h1-4,6,10,12,17H,5,7H2,(H2,15,18). The average molecular weight is 276 g/mol. The minimum absolute atomic E-state index is 0.0430. The van der Waals surface area contributed by atoms with Crippen LogP contribution in [0.3, 0.4) is 0 Å². The van der Waals surface area contributed by atoms with Crippen LogP contribution in [0.25, 0.3) is 0 Å². The lowest BCUT2D eigenvalue weighted by molar-refractivity contribution is -0.225. The van der Waals surface area contributed by atoms with Crippen LogP contribution in [0.15, 0.2) is 24.3 Å². The second-order valence-corrected chi connectivity index (χ2v) is 4.92. The number of hydrogen-bond acceptors (Lipinski definition) is 5. The van der Waals surface area contributed by atoms with E-state index >= 15 is 0 Å². The summed E-state index contributed by atoms with van der Waals surface area (Å²) in [5.41, 5.74) is 6.96. The van der Waals surface area contributed by atoms with Crippen molar-refractivity contribution in [3.63, 3.8) is 0 Å². The number of ether oxygens (including phenoxy) is 2. The van der Waals surface area contributed by atoms with Crippen molar-refractivity contribution in [2.45, 2.75) is 30.8 Å². The summed E-state index contributed by atoms with van der Waals surface area (Å²) in [6.07, 6.45) is 0.126. The molecule has 1 aliphatic carbocycles. The molecular weight excluding hydrogens is 262 g/mol. The number of carbonyl (C=O) groups excluding carboxylic acids is 2. The highest BCUT2D eigenvalue weighted by atomic mass is 16.7. The van der Waals surface area contributed by atoms with Gasteiger partial charge in [0.25, 0.3) is 11.7 Å². The molecule has 1 saturated heterocycles. The molecule has 1 aromatic carbocycles. The first-order valence-electron chi connectivity index (χ1n) is 6.31. The summed E-state index contributed by atoms with van der Waals surface area (Å²) in [5, 5.41) is 10.2. The number of nitrogens with two attached hydrogens (primary N) is 1. The number of amides is 1. The molecular formula is C14H14NO5. The maximum absolute atomic E-state index is 11.5. The number of rotatable bonds is 3. The van der Waals surface area contributed by atoms with Gasteiger partial charge in [-0.2, -0.15) is 0 Å². The zero-order valence-electron chi connectivity index (χ0n) is 10.6. The minimum Gasteiger partial charge on any atom is -0.423 e. The Hall–Kier alpha value is -1.92. The Labute approximate surface area is 115 Å². The number of aliphatic hydroxyl groups excluding tert-OH is 1. The average Bonchev–Trinajstić information content (AvgIpc) is 2.94. The highest BCUT2D eigenvalue weighted by Crippen LogP contribution is 2.38. The fourth-order valence-corrected chi connectivity index (χ4v) is 2.62. The number of fused-ring (bicyclic) bond motifs is 1. The summed E-state index contributed by atoms with van der Waals surface area (Å²) in [5.74, 6) is -3.34. The molecule has 1 radical (unpaired) electrons. The molecule has 3 rings (SSSR count). The van der Waals surface area contributed by atoms with Gasteiger partial charge in [0.1, 0.15) is 6.10 Å². The summed E-state index contributed by atoms with van der Waals surface area (Å²) < 4.78 is 10.5. The van der Waals surface area contributed by atoms with Crippen LogP contribution in [0.4, 0.5) is 0 Å². The zero-order chi connectivity index (χ0) is 14.3. The fraction of sp³-hybridized carbons (Fsp3) is 0.357. The summed E-state index contributed by atoms with van der Waals surface area (Å²) in [7, 11) is 0. The molecule has 0 aromatic heterocycles. The van der Waals surface area contributed by atoms with Crippen molar-refractivity contribution in [1.82, 2.24) is 0 Å². The van der Waals surface area contributed by atoms with Crippen molar-refractivity contribution in [2.24, 2.45) is 5.73 Å². The van der Waals surface area contributed by atoms with E-state index in [2.05, 4.69) is 0 Å². The van der Waals surface area contributed by atoms with Crippen LogP contribution in [0.2, 0.25) is 0 Å². The van der Waals surface area contributed by atoms with E-state index in [0.29, 0.717) is 6.42 Å². The van der Waals surface area contributed by atoms with Crippen molar-refractivity contribution < 1.29 is 24.2 Å². The van der Waals surface area contributed by atoms with Gasteiger partial charge in [-0.15, -0.1) is 0 Å². The van der Waals surface area contributed by atoms with E-state index in [-0.39, 0.29) is 6.42 Å². The van der Waals surface area contributed by atoms with Crippen LogP contribution < -0.4 is 5.73 Å². The van der Waals surface area contributed by atoms with Crippen molar-refractivity contribution in [1.29, 1.82) is 0 Å². The molecule has 1 heterocycles. The molecule has 1 amide bonds. The predicted molar refractivity (Wildman–Crippen MR) is 66.9 cm³/mol. The topological polar surface area (TPSA) is 98.9 Å². The van der Waals surface area contributed by atoms with Gasteiger partial charge in [-0.3, -0.25) is 9.59 Å². The van der Waals surface area contributed by atoms with Crippen LogP contribution in [0.1, 0.15) is 23.7 Å². The number of primary amides is 1. The third-order valence-corrected chi connectivity index (χ3v) is 3.62. The molecule has 1 aliphatic heterocycles. The molecule has 0 saturated carbocycles. The van der Waals surface area contributed by atoms with E-state index in [1.165, 1.54) is 6.42 Å². The molecule has 2 aliphatic rings. The quantitative estimate of drug-likeness (QED) is 0.757. The lowest BCUT2D eigenvalue weighted by atomic mass is 10.1. The highest BCUT2D eigenvalue weighted by Gasteiger charge is 2.51. The molecule has 3 N–H and O–H groups in total. The second kappa shape index (κ2) is 4.57. The first kappa shape index (κ1) is 13.1. The number of cyclic esters (lactones) is 1. The second-order valence-electron chi connectivity index (χ2n) is 4.92. The van der Waals surface area contributed by atoms with Gasteiger partial charge < -0.3 is 20.3 Å². The monoisotopic (exact) mass is 276 g/mol. The number of hydrogen-bond donors (Lipinski definition) is 2. The smallest absolute Gasteiger partial charge is 0.309 e. The van der Waals surface area contributed by atoms with Crippen molar-refractivity contribution >= 4 is 11.9 Å². The normalized spacial score (nSPS) is 31.9. The first-order chi connectivity index (χ1) is 9.52. The van der Waals surface area contributed by atoms with Crippen LogP contribution in [-0.4, -0.2) is 28.9 Å². The van der Waals surface area contributed by atoms with Gasteiger partial charge in [0.05, 0.1) is 18.9 Å². The minimum atomic E-state index is -1.87.